The summed E-state index contributed by atoms with van der Waals surface area (Å²) in [7, 11) is 0. The second-order valence-electron chi connectivity index (χ2n) is 8.95. The molecule has 1 saturated heterocycles. The van der Waals surface area contributed by atoms with Crippen molar-refractivity contribution in [2.45, 2.75) is 26.3 Å². The molecule has 1 N–H and O–H groups in total. The Morgan fingerprint density at radius 2 is 1.72 bits per heavy atom. The Balaban J connectivity index is 1.53. The highest BCUT2D eigenvalue weighted by molar-refractivity contribution is 5.99. The van der Waals surface area contributed by atoms with Crippen molar-refractivity contribution in [3.05, 3.63) is 80.7 Å². The third kappa shape index (κ3) is 3.74. The molecule has 2 aliphatic heterocycles. The van der Waals surface area contributed by atoms with Crippen molar-refractivity contribution in [3.63, 3.8) is 0 Å². The van der Waals surface area contributed by atoms with Gasteiger partial charge in [-0.25, -0.2) is 0 Å². The van der Waals surface area contributed by atoms with Crippen molar-refractivity contribution in [1.82, 2.24) is 4.90 Å². The highest BCUT2D eigenvalue weighted by Crippen LogP contribution is 2.38. The fourth-order valence-corrected chi connectivity index (χ4v) is 4.87. The van der Waals surface area contributed by atoms with E-state index in [1.165, 1.54) is 4.90 Å². The first-order valence-corrected chi connectivity index (χ1v) is 11.4. The fraction of sp³-hybridized carbons (Fsp3) is 0.385. The van der Waals surface area contributed by atoms with E-state index in [1.54, 1.807) is 6.07 Å². The van der Waals surface area contributed by atoms with Crippen LogP contribution in [-0.4, -0.2) is 50.2 Å². The highest BCUT2D eigenvalue weighted by atomic mass is 16.5. The Bertz CT molecular complexity index is 1210. The molecule has 166 valence electrons. The predicted molar refractivity (Wildman–Crippen MR) is 122 cm³/mol. The zero-order valence-electron chi connectivity index (χ0n) is 18.6. The molecule has 3 aromatic rings. The van der Waals surface area contributed by atoms with Crippen LogP contribution in [-0.2, 0) is 4.74 Å². The lowest BCUT2D eigenvalue weighted by Crippen LogP contribution is -3.14. The van der Waals surface area contributed by atoms with Gasteiger partial charge in [0.25, 0.3) is 5.91 Å². The van der Waals surface area contributed by atoms with Crippen LogP contribution in [0.1, 0.15) is 45.3 Å². The molecule has 1 amide bonds. The molecule has 0 spiro atoms. The molecule has 0 bridgehead atoms. The van der Waals surface area contributed by atoms with Crippen LogP contribution in [0.3, 0.4) is 0 Å². The number of rotatable bonds is 5. The molecule has 6 nitrogen and oxygen atoms in total. The maximum atomic E-state index is 13.6. The summed E-state index contributed by atoms with van der Waals surface area (Å²) < 4.78 is 11.5. The summed E-state index contributed by atoms with van der Waals surface area (Å²) in [5.74, 6) is -0.00206. The number of benzene rings is 2. The average molecular weight is 434 g/mol. The van der Waals surface area contributed by atoms with Crippen molar-refractivity contribution in [1.29, 1.82) is 0 Å². The SMILES string of the molecule is Cc1ccc([C@H]2c3c(oc4ccc(C)cc4c3=O)C(=O)N2CCC[NH+]2CCOCC2)cc1. The number of hydrogen-bond donors (Lipinski definition) is 1. The van der Waals surface area contributed by atoms with E-state index in [0.717, 1.165) is 56.0 Å². The maximum absolute atomic E-state index is 13.6. The Morgan fingerprint density at radius 1 is 1.00 bits per heavy atom. The lowest BCUT2D eigenvalue weighted by atomic mass is 9.97. The molecule has 2 aliphatic rings. The van der Waals surface area contributed by atoms with Gasteiger partial charge in [-0.05, 0) is 31.5 Å². The molecule has 0 unspecified atom stereocenters. The molecular weight excluding hydrogens is 404 g/mol. The number of aryl methyl sites for hydroxylation is 2. The van der Waals surface area contributed by atoms with Crippen molar-refractivity contribution >= 4 is 16.9 Å². The summed E-state index contributed by atoms with van der Waals surface area (Å²) in [4.78, 5) is 30.4. The first kappa shape index (κ1) is 20.9. The minimum Gasteiger partial charge on any atom is -0.450 e. The number of hydrogen-bond acceptors (Lipinski definition) is 4. The average Bonchev–Trinajstić information content (AvgIpc) is 3.08. The maximum Gasteiger partial charge on any atom is 0.290 e. The largest absolute Gasteiger partial charge is 0.450 e. The van der Waals surface area contributed by atoms with E-state index in [4.69, 9.17) is 9.15 Å². The summed E-state index contributed by atoms with van der Waals surface area (Å²) >= 11 is 0. The van der Waals surface area contributed by atoms with Gasteiger partial charge in [-0.15, -0.1) is 0 Å². The fourth-order valence-electron chi connectivity index (χ4n) is 4.87. The number of carbonyl (C=O) groups is 1. The van der Waals surface area contributed by atoms with Crippen LogP contribution >= 0.6 is 0 Å². The Labute approximate surface area is 187 Å². The molecule has 5 rings (SSSR count). The van der Waals surface area contributed by atoms with E-state index in [2.05, 4.69) is 0 Å². The lowest BCUT2D eigenvalue weighted by Gasteiger charge is -2.27. The molecule has 3 heterocycles. The molecule has 0 saturated carbocycles. The Morgan fingerprint density at radius 3 is 2.47 bits per heavy atom. The zero-order chi connectivity index (χ0) is 22.2. The normalized spacial score (nSPS) is 19.0. The van der Waals surface area contributed by atoms with Crippen LogP contribution in [0.4, 0.5) is 0 Å². The van der Waals surface area contributed by atoms with Gasteiger partial charge in [-0.3, -0.25) is 9.59 Å². The summed E-state index contributed by atoms with van der Waals surface area (Å²) in [5.41, 5.74) is 3.91. The standard InChI is InChI=1S/C26H28N2O4/c1-17-4-7-19(8-5-17)23-22-24(29)20-16-18(2)6-9-21(20)32-25(22)26(30)28(23)11-3-10-27-12-14-31-15-13-27/h4-9,16,23H,3,10-15H2,1-2H3/p+1/t23-/m0/s1. The molecular formula is C26H29N2O4+. The third-order valence-electron chi connectivity index (χ3n) is 6.64. The second-order valence-corrected chi connectivity index (χ2v) is 8.95. The van der Waals surface area contributed by atoms with E-state index in [0.29, 0.717) is 23.1 Å². The number of carbonyl (C=O) groups excluding carboxylic acids is 1. The van der Waals surface area contributed by atoms with Gasteiger partial charge in [0.15, 0.2) is 5.43 Å². The lowest BCUT2D eigenvalue weighted by molar-refractivity contribution is -0.908. The quantitative estimate of drug-likeness (QED) is 0.671. The Kier molecular flexibility index (Phi) is 5.57. The van der Waals surface area contributed by atoms with Gasteiger partial charge in [-0.2, -0.15) is 0 Å². The number of amides is 1. The van der Waals surface area contributed by atoms with Crippen LogP contribution in [0.2, 0.25) is 0 Å². The van der Waals surface area contributed by atoms with Gasteiger partial charge in [0.05, 0.1) is 36.8 Å². The van der Waals surface area contributed by atoms with Crippen molar-refractivity contribution in [2.24, 2.45) is 0 Å². The minimum atomic E-state index is -0.418. The first-order valence-electron chi connectivity index (χ1n) is 11.4. The first-order chi connectivity index (χ1) is 15.5. The van der Waals surface area contributed by atoms with Gasteiger partial charge in [-0.1, -0.05) is 41.5 Å². The summed E-state index contributed by atoms with van der Waals surface area (Å²) in [5, 5.41) is 0.535. The van der Waals surface area contributed by atoms with Gasteiger partial charge in [0, 0.05) is 13.0 Å². The number of nitrogens with zero attached hydrogens (tertiary/aromatic N) is 1. The third-order valence-corrected chi connectivity index (χ3v) is 6.64. The number of morpholine rings is 1. The molecule has 1 atom stereocenters. The molecule has 6 heteroatoms. The predicted octanol–water partition coefficient (Wildman–Crippen LogP) is 2.26. The summed E-state index contributed by atoms with van der Waals surface area (Å²) in [6.07, 6.45) is 0.865. The molecule has 2 aromatic carbocycles. The van der Waals surface area contributed by atoms with E-state index in [-0.39, 0.29) is 17.1 Å². The Hall–Kier alpha value is -2.96. The second kappa shape index (κ2) is 8.52. The number of quaternary nitrogens is 1. The molecule has 1 fully saturated rings. The zero-order valence-corrected chi connectivity index (χ0v) is 18.6. The molecule has 1 aromatic heterocycles. The van der Waals surface area contributed by atoms with Crippen LogP contribution in [0.5, 0.6) is 0 Å². The molecule has 0 aliphatic carbocycles. The summed E-state index contributed by atoms with van der Waals surface area (Å²) in [6.45, 7) is 9.13. The monoisotopic (exact) mass is 433 g/mol. The van der Waals surface area contributed by atoms with Crippen LogP contribution < -0.4 is 10.3 Å². The molecule has 32 heavy (non-hydrogen) atoms. The van der Waals surface area contributed by atoms with Crippen LogP contribution in [0.15, 0.2) is 51.7 Å². The van der Waals surface area contributed by atoms with Crippen LogP contribution in [0, 0.1) is 13.8 Å². The molecule has 0 radical (unpaired) electrons. The van der Waals surface area contributed by atoms with Crippen molar-refractivity contribution in [3.8, 4) is 0 Å². The number of nitrogens with one attached hydrogen (secondary N) is 1. The van der Waals surface area contributed by atoms with Gasteiger partial charge >= 0.3 is 0 Å². The summed E-state index contributed by atoms with van der Waals surface area (Å²) in [6, 6.07) is 13.2. The van der Waals surface area contributed by atoms with E-state index in [9.17, 15) is 9.59 Å². The van der Waals surface area contributed by atoms with E-state index in [1.807, 2.05) is 55.1 Å². The van der Waals surface area contributed by atoms with E-state index < -0.39 is 6.04 Å². The van der Waals surface area contributed by atoms with Gasteiger partial charge in [0.2, 0.25) is 5.76 Å². The van der Waals surface area contributed by atoms with Crippen molar-refractivity contribution < 1.29 is 18.8 Å². The number of fused-ring (bicyclic) bond motifs is 2. The topological polar surface area (TPSA) is 64.2 Å². The van der Waals surface area contributed by atoms with Gasteiger partial charge in [0.1, 0.15) is 18.7 Å². The van der Waals surface area contributed by atoms with Crippen LogP contribution in [0.25, 0.3) is 11.0 Å². The minimum absolute atomic E-state index is 0.106. The van der Waals surface area contributed by atoms with E-state index >= 15 is 0 Å². The highest BCUT2D eigenvalue weighted by Gasteiger charge is 2.42. The van der Waals surface area contributed by atoms with Gasteiger partial charge < -0.3 is 19.0 Å². The van der Waals surface area contributed by atoms with Crippen molar-refractivity contribution in [2.75, 3.05) is 39.4 Å². The smallest absolute Gasteiger partial charge is 0.290 e. The number of ether oxygens (including phenoxy) is 1.